The number of sulfone groups is 1. The largest absolute Gasteiger partial charge is 0.339 e. The van der Waals surface area contributed by atoms with Crippen molar-refractivity contribution in [2.45, 2.75) is 43.5 Å². The van der Waals surface area contributed by atoms with Crippen molar-refractivity contribution in [2.24, 2.45) is 5.92 Å². The van der Waals surface area contributed by atoms with Gasteiger partial charge in [0.05, 0.1) is 4.90 Å². The van der Waals surface area contributed by atoms with E-state index in [0.717, 1.165) is 44.0 Å². The third-order valence-corrected chi connectivity index (χ3v) is 6.15. The van der Waals surface area contributed by atoms with Crippen LogP contribution in [-0.4, -0.2) is 51.2 Å². The Morgan fingerprint density at radius 3 is 2.46 bits per heavy atom. The van der Waals surface area contributed by atoms with E-state index in [9.17, 15) is 13.2 Å². The summed E-state index contributed by atoms with van der Waals surface area (Å²) in [6.07, 6.45) is 5.79. The van der Waals surface area contributed by atoms with Crippen LogP contribution in [-0.2, 0) is 9.84 Å². The molecule has 0 bridgehead atoms. The van der Waals surface area contributed by atoms with Gasteiger partial charge in [-0.3, -0.25) is 4.79 Å². The molecule has 1 saturated carbocycles. The Morgan fingerprint density at radius 2 is 1.88 bits per heavy atom. The van der Waals surface area contributed by atoms with Crippen molar-refractivity contribution in [3.8, 4) is 0 Å². The Morgan fingerprint density at radius 1 is 1.21 bits per heavy atom. The number of likely N-dealkylation sites (tertiary alicyclic amines) is 1. The number of carbonyl (C=O) groups excluding carboxylic acids is 1. The SMILES string of the molecule is Cc1ccc(S(C)(=O)=O)cc1C(=O)N1CCC(NCC2CC2)CC1. The minimum atomic E-state index is -3.31. The number of piperidine rings is 1. The number of nitrogens with zero attached hydrogens (tertiary/aromatic N) is 1. The van der Waals surface area contributed by atoms with E-state index in [2.05, 4.69) is 5.32 Å². The molecule has 24 heavy (non-hydrogen) atoms. The lowest BCUT2D eigenvalue weighted by atomic mass is 10.0. The van der Waals surface area contributed by atoms with Crippen LogP contribution in [0, 0.1) is 12.8 Å². The summed E-state index contributed by atoms with van der Waals surface area (Å²) in [5, 5.41) is 3.61. The van der Waals surface area contributed by atoms with Gasteiger partial charge < -0.3 is 10.2 Å². The molecule has 1 heterocycles. The number of aryl methyl sites for hydroxylation is 1. The van der Waals surface area contributed by atoms with Crippen LogP contribution in [0.3, 0.4) is 0 Å². The number of amides is 1. The quantitative estimate of drug-likeness (QED) is 0.882. The highest BCUT2D eigenvalue weighted by atomic mass is 32.2. The number of carbonyl (C=O) groups is 1. The van der Waals surface area contributed by atoms with Crippen molar-refractivity contribution < 1.29 is 13.2 Å². The molecular formula is C18H26N2O3S. The highest BCUT2D eigenvalue weighted by Gasteiger charge is 2.27. The molecule has 0 spiro atoms. The van der Waals surface area contributed by atoms with E-state index in [1.807, 2.05) is 11.8 Å². The second kappa shape index (κ2) is 6.84. The van der Waals surface area contributed by atoms with Crippen LogP contribution >= 0.6 is 0 Å². The lowest BCUT2D eigenvalue weighted by Crippen LogP contribution is -2.45. The highest BCUT2D eigenvalue weighted by molar-refractivity contribution is 7.90. The van der Waals surface area contributed by atoms with Gasteiger partial charge in [0.2, 0.25) is 0 Å². The fraction of sp³-hybridized carbons (Fsp3) is 0.611. The molecule has 1 aromatic carbocycles. The van der Waals surface area contributed by atoms with Gasteiger partial charge in [-0.15, -0.1) is 0 Å². The van der Waals surface area contributed by atoms with Gasteiger partial charge in [-0.25, -0.2) is 8.42 Å². The topological polar surface area (TPSA) is 66.5 Å². The summed E-state index contributed by atoms with van der Waals surface area (Å²) in [7, 11) is -3.31. The zero-order valence-electron chi connectivity index (χ0n) is 14.4. The molecule has 0 unspecified atom stereocenters. The lowest BCUT2D eigenvalue weighted by Gasteiger charge is -2.33. The van der Waals surface area contributed by atoms with Gasteiger partial charge in [-0.2, -0.15) is 0 Å². The molecule has 2 aliphatic rings. The maximum atomic E-state index is 12.8. The minimum Gasteiger partial charge on any atom is -0.339 e. The maximum absolute atomic E-state index is 12.8. The molecule has 0 aromatic heterocycles. The van der Waals surface area contributed by atoms with Crippen molar-refractivity contribution in [3.63, 3.8) is 0 Å². The van der Waals surface area contributed by atoms with Crippen LogP contribution in [0.2, 0.25) is 0 Å². The lowest BCUT2D eigenvalue weighted by molar-refractivity contribution is 0.0704. The molecule has 1 aromatic rings. The van der Waals surface area contributed by atoms with Crippen molar-refractivity contribution in [1.29, 1.82) is 0 Å². The molecule has 3 rings (SSSR count). The molecule has 1 saturated heterocycles. The first-order valence-corrected chi connectivity index (χ1v) is 10.6. The van der Waals surface area contributed by atoms with E-state index in [1.165, 1.54) is 25.2 Å². The van der Waals surface area contributed by atoms with Crippen LogP contribution in [0.15, 0.2) is 23.1 Å². The Balaban J connectivity index is 1.64. The summed E-state index contributed by atoms with van der Waals surface area (Å²) >= 11 is 0. The zero-order valence-corrected chi connectivity index (χ0v) is 15.2. The predicted molar refractivity (Wildman–Crippen MR) is 93.9 cm³/mol. The summed E-state index contributed by atoms with van der Waals surface area (Å²) < 4.78 is 23.5. The van der Waals surface area contributed by atoms with E-state index in [1.54, 1.807) is 12.1 Å². The third-order valence-electron chi connectivity index (χ3n) is 5.04. The Labute approximate surface area is 144 Å². The molecule has 5 nitrogen and oxygen atoms in total. The fourth-order valence-electron chi connectivity index (χ4n) is 3.17. The standard InChI is InChI=1S/C18H26N2O3S/c1-13-3-6-16(24(2,22)23)11-17(13)18(21)20-9-7-15(8-10-20)19-12-14-4-5-14/h3,6,11,14-15,19H,4-5,7-10,12H2,1-2H3. The second-order valence-corrected chi connectivity index (χ2v) is 9.18. The molecule has 0 radical (unpaired) electrons. The van der Waals surface area contributed by atoms with E-state index in [-0.39, 0.29) is 10.8 Å². The van der Waals surface area contributed by atoms with Gasteiger partial charge in [0.15, 0.2) is 9.84 Å². The van der Waals surface area contributed by atoms with E-state index in [4.69, 9.17) is 0 Å². The zero-order chi connectivity index (χ0) is 17.3. The van der Waals surface area contributed by atoms with Crippen molar-refractivity contribution in [1.82, 2.24) is 10.2 Å². The normalized spacial score (nSPS) is 19.5. The predicted octanol–water partition coefficient (Wildman–Crippen LogP) is 2.00. The van der Waals surface area contributed by atoms with Gasteiger partial charge in [-0.1, -0.05) is 6.07 Å². The van der Waals surface area contributed by atoms with Gasteiger partial charge in [0, 0.05) is 31.0 Å². The van der Waals surface area contributed by atoms with Gasteiger partial charge in [0.1, 0.15) is 0 Å². The van der Waals surface area contributed by atoms with Crippen molar-refractivity contribution in [3.05, 3.63) is 29.3 Å². The monoisotopic (exact) mass is 350 g/mol. The van der Waals surface area contributed by atoms with E-state index < -0.39 is 9.84 Å². The number of hydrogen-bond acceptors (Lipinski definition) is 4. The average molecular weight is 350 g/mol. The molecule has 2 fully saturated rings. The molecule has 1 aliphatic carbocycles. The summed E-state index contributed by atoms with van der Waals surface area (Å²) in [6, 6.07) is 5.30. The Kier molecular flexibility index (Phi) is 4.97. The smallest absolute Gasteiger partial charge is 0.254 e. The first-order valence-electron chi connectivity index (χ1n) is 8.68. The first kappa shape index (κ1) is 17.4. The van der Waals surface area contributed by atoms with Crippen molar-refractivity contribution in [2.75, 3.05) is 25.9 Å². The molecule has 6 heteroatoms. The number of nitrogens with one attached hydrogen (secondary N) is 1. The summed E-state index contributed by atoms with van der Waals surface area (Å²) in [5.74, 6) is 0.810. The van der Waals surface area contributed by atoms with Crippen LogP contribution in [0.1, 0.15) is 41.6 Å². The number of rotatable bonds is 5. The average Bonchev–Trinajstić information content (AvgIpc) is 3.36. The second-order valence-electron chi connectivity index (χ2n) is 7.17. The van der Waals surface area contributed by atoms with E-state index >= 15 is 0 Å². The molecule has 0 atom stereocenters. The molecule has 1 N–H and O–H groups in total. The summed E-state index contributed by atoms with van der Waals surface area (Å²) in [6.45, 7) is 4.41. The van der Waals surface area contributed by atoms with Crippen molar-refractivity contribution >= 4 is 15.7 Å². The third kappa shape index (κ3) is 4.16. The van der Waals surface area contributed by atoms with Gasteiger partial charge in [0.25, 0.3) is 5.91 Å². The molecule has 132 valence electrons. The van der Waals surface area contributed by atoms with E-state index in [0.29, 0.717) is 11.6 Å². The summed E-state index contributed by atoms with van der Waals surface area (Å²) in [5.41, 5.74) is 1.32. The molecule has 1 aliphatic heterocycles. The van der Waals surface area contributed by atoms with Gasteiger partial charge >= 0.3 is 0 Å². The van der Waals surface area contributed by atoms with Crippen LogP contribution in [0.4, 0.5) is 0 Å². The van der Waals surface area contributed by atoms with Crippen LogP contribution < -0.4 is 5.32 Å². The van der Waals surface area contributed by atoms with Gasteiger partial charge in [-0.05, 0) is 62.8 Å². The summed E-state index contributed by atoms with van der Waals surface area (Å²) in [4.78, 5) is 14.9. The van der Waals surface area contributed by atoms with Crippen LogP contribution in [0.5, 0.6) is 0 Å². The maximum Gasteiger partial charge on any atom is 0.254 e. The molecular weight excluding hydrogens is 324 g/mol. The number of hydrogen-bond donors (Lipinski definition) is 1. The fourth-order valence-corrected chi connectivity index (χ4v) is 3.82. The minimum absolute atomic E-state index is 0.0568. The molecule has 1 amide bonds. The first-order chi connectivity index (χ1) is 11.3. The Hall–Kier alpha value is -1.40. The number of benzene rings is 1. The Bertz CT molecular complexity index is 718. The van der Waals surface area contributed by atoms with Crippen LogP contribution in [0.25, 0.3) is 0 Å². The highest BCUT2D eigenvalue weighted by Crippen LogP contribution is 2.28.